The number of carbonyl (C=O) groups excluding carboxylic acids is 1. The van der Waals surface area contributed by atoms with Crippen molar-refractivity contribution in [1.82, 2.24) is 15.1 Å². The van der Waals surface area contributed by atoms with E-state index in [1.807, 2.05) is 72.3 Å². The molecule has 146 valence electrons. The van der Waals surface area contributed by atoms with Crippen molar-refractivity contribution in [3.05, 3.63) is 83.2 Å². The Balaban J connectivity index is 1.79. The molecule has 0 aliphatic heterocycles. The normalized spacial score (nSPS) is 13.1. The Labute approximate surface area is 167 Å². The molecular weight excluding hydrogens is 346 g/mol. The highest BCUT2D eigenvalue weighted by Crippen LogP contribution is 2.27. The van der Waals surface area contributed by atoms with Gasteiger partial charge in [-0.1, -0.05) is 68.8 Å². The van der Waals surface area contributed by atoms with Crippen molar-refractivity contribution in [2.75, 3.05) is 0 Å². The molecule has 2 unspecified atom stereocenters. The molecule has 4 heteroatoms. The van der Waals surface area contributed by atoms with Crippen LogP contribution in [-0.4, -0.2) is 15.7 Å². The SMILES string of the molecule is CCC(C)C(C(=O)NCc1c(C)nn(-c2ccccc2)c1C)c1ccccc1. The van der Waals surface area contributed by atoms with Crippen LogP contribution in [0.25, 0.3) is 5.69 Å². The van der Waals surface area contributed by atoms with E-state index in [1.54, 1.807) is 0 Å². The van der Waals surface area contributed by atoms with E-state index in [0.29, 0.717) is 6.54 Å². The molecule has 0 aliphatic rings. The van der Waals surface area contributed by atoms with E-state index in [-0.39, 0.29) is 17.7 Å². The molecule has 2 aromatic carbocycles. The van der Waals surface area contributed by atoms with E-state index in [1.165, 1.54) is 0 Å². The average Bonchev–Trinajstić information content (AvgIpc) is 3.01. The van der Waals surface area contributed by atoms with E-state index < -0.39 is 0 Å². The summed E-state index contributed by atoms with van der Waals surface area (Å²) in [6.07, 6.45) is 0.955. The minimum Gasteiger partial charge on any atom is -0.351 e. The predicted molar refractivity (Wildman–Crippen MR) is 114 cm³/mol. The highest BCUT2D eigenvalue weighted by Gasteiger charge is 2.26. The Morgan fingerprint density at radius 2 is 1.64 bits per heavy atom. The molecule has 0 spiro atoms. The zero-order chi connectivity index (χ0) is 20.1. The number of aromatic nitrogens is 2. The molecule has 2 atom stereocenters. The Kier molecular flexibility index (Phi) is 6.30. The van der Waals surface area contributed by atoms with E-state index in [4.69, 9.17) is 0 Å². The molecule has 0 saturated carbocycles. The van der Waals surface area contributed by atoms with Gasteiger partial charge in [0.05, 0.1) is 17.3 Å². The molecular formula is C24H29N3O. The molecule has 1 heterocycles. The number of rotatable bonds is 7. The van der Waals surface area contributed by atoms with E-state index >= 15 is 0 Å². The highest BCUT2D eigenvalue weighted by molar-refractivity contribution is 5.84. The summed E-state index contributed by atoms with van der Waals surface area (Å²) in [4.78, 5) is 13.1. The molecule has 1 amide bonds. The molecule has 1 N–H and O–H groups in total. The van der Waals surface area contributed by atoms with Crippen LogP contribution in [0.5, 0.6) is 0 Å². The molecule has 0 aliphatic carbocycles. The minimum atomic E-state index is -0.143. The summed E-state index contributed by atoms with van der Waals surface area (Å²) in [6, 6.07) is 20.1. The van der Waals surface area contributed by atoms with Crippen LogP contribution in [0.3, 0.4) is 0 Å². The van der Waals surface area contributed by atoms with Gasteiger partial charge < -0.3 is 5.32 Å². The highest BCUT2D eigenvalue weighted by atomic mass is 16.1. The van der Waals surface area contributed by atoms with Crippen LogP contribution in [-0.2, 0) is 11.3 Å². The second-order valence-electron chi connectivity index (χ2n) is 7.39. The van der Waals surface area contributed by atoms with Gasteiger partial charge in [-0.25, -0.2) is 4.68 Å². The van der Waals surface area contributed by atoms with Gasteiger partial charge in [-0.2, -0.15) is 5.10 Å². The summed E-state index contributed by atoms with van der Waals surface area (Å²) < 4.78 is 1.94. The molecule has 0 saturated heterocycles. The lowest BCUT2D eigenvalue weighted by molar-refractivity contribution is -0.123. The lowest BCUT2D eigenvalue weighted by Gasteiger charge is -2.23. The van der Waals surface area contributed by atoms with Crippen LogP contribution in [0, 0.1) is 19.8 Å². The van der Waals surface area contributed by atoms with E-state index in [0.717, 1.165) is 34.6 Å². The standard InChI is InChI=1S/C24H29N3O/c1-5-17(2)23(20-12-8-6-9-13-20)24(28)25-16-22-18(3)26-27(19(22)4)21-14-10-7-11-15-21/h6-15,17,23H,5,16H2,1-4H3,(H,25,28). The van der Waals surface area contributed by atoms with Crippen LogP contribution in [0.2, 0.25) is 0 Å². The molecule has 4 nitrogen and oxygen atoms in total. The third-order valence-electron chi connectivity index (χ3n) is 5.54. The third kappa shape index (κ3) is 4.16. The minimum absolute atomic E-state index is 0.0758. The largest absolute Gasteiger partial charge is 0.351 e. The van der Waals surface area contributed by atoms with Gasteiger partial charge in [0.15, 0.2) is 0 Å². The topological polar surface area (TPSA) is 46.9 Å². The van der Waals surface area contributed by atoms with Crippen LogP contribution < -0.4 is 5.32 Å². The molecule has 28 heavy (non-hydrogen) atoms. The third-order valence-corrected chi connectivity index (χ3v) is 5.54. The molecule has 0 fully saturated rings. The monoisotopic (exact) mass is 375 g/mol. The fraction of sp³-hybridized carbons (Fsp3) is 0.333. The first-order chi connectivity index (χ1) is 13.5. The maximum Gasteiger partial charge on any atom is 0.228 e. The number of nitrogens with one attached hydrogen (secondary N) is 1. The predicted octanol–water partition coefficient (Wildman–Crippen LogP) is 4.94. The lowest BCUT2D eigenvalue weighted by atomic mass is 9.85. The summed E-state index contributed by atoms with van der Waals surface area (Å²) in [5.74, 6) is 0.208. The molecule has 0 radical (unpaired) electrons. The van der Waals surface area contributed by atoms with Gasteiger partial charge in [0.25, 0.3) is 0 Å². The van der Waals surface area contributed by atoms with Crippen molar-refractivity contribution >= 4 is 5.91 Å². The smallest absolute Gasteiger partial charge is 0.228 e. The Hall–Kier alpha value is -2.88. The fourth-order valence-electron chi connectivity index (χ4n) is 3.67. The maximum absolute atomic E-state index is 13.1. The number of para-hydroxylation sites is 1. The molecule has 0 bridgehead atoms. The fourth-order valence-corrected chi connectivity index (χ4v) is 3.67. The van der Waals surface area contributed by atoms with Gasteiger partial charge in [-0.15, -0.1) is 0 Å². The van der Waals surface area contributed by atoms with Gasteiger partial charge in [0.1, 0.15) is 0 Å². The van der Waals surface area contributed by atoms with Crippen molar-refractivity contribution in [1.29, 1.82) is 0 Å². The van der Waals surface area contributed by atoms with Crippen molar-refractivity contribution in [3.8, 4) is 5.69 Å². The van der Waals surface area contributed by atoms with Crippen LogP contribution in [0.15, 0.2) is 60.7 Å². The van der Waals surface area contributed by atoms with Crippen LogP contribution in [0.4, 0.5) is 0 Å². The first-order valence-electron chi connectivity index (χ1n) is 9.96. The summed E-state index contributed by atoms with van der Waals surface area (Å²) >= 11 is 0. The first-order valence-corrected chi connectivity index (χ1v) is 9.96. The average molecular weight is 376 g/mol. The summed E-state index contributed by atoms with van der Waals surface area (Å²) in [7, 11) is 0. The molecule has 3 aromatic rings. The Bertz CT molecular complexity index is 916. The second-order valence-corrected chi connectivity index (χ2v) is 7.39. The van der Waals surface area contributed by atoms with Gasteiger partial charge in [0, 0.05) is 17.8 Å². The molecule has 1 aromatic heterocycles. The van der Waals surface area contributed by atoms with Crippen molar-refractivity contribution < 1.29 is 4.79 Å². The van der Waals surface area contributed by atoms with Gasteiger partial charge in [-0.3, -0.25) is 4.79 Å². The zero-order valence-corrected chi connectivity index (χ0v) is 17.1. The number of aryl methyl sites for hydroxylation is 1. The quantitative estimate of drug-likeness (QED) is 0.636. The zero-order valence-electron chi connectivity index (χ0n) is 17.1. The van der Waals surface area contributed by atoms with Gasteiger partial charge in [0.2, 0.25) is 5.91 Å². The van der Waals surface area contributed by atoms with Crippen LogP contribution >= 0.6 is 0 Å². The van der Waals surface area contributed by atoms with E-state index in [2.05, 4.69) is 31.2 Å². The van der Waals surface area contributed by atoms with Crippen molar-refractivity contribution in [2.24, 2.45) is 5.92 Å². The molecule has 3 rings (SSSR count). The van der Waals surface area contributed by atoms with Crippen molar-refractivity contribution in [3.63, 3.8) is 0 Å². The maximum atomic E-state index is 13.1. The Morgan fingerprint density at radius 3 is 2.25 bits per heavy atom. The first kappa shape index (κ1) is 19.9. The van der Waals surface area contributed by atoms with E-state index in [9.17, 15) is 4.79 Å². The van der Waals surface area contributed by atoms with Gasteiger partial charge >= 0.3 is 0 Å². The lowest BCUT2D eigenvalue weighted by Crippen LogP contribution is -2.32. The van der Waals surface area contributed by atoms with Crippen molar-refractivity contribution in [2.45, 2.75) is 46.6 Å². The number of carbonyl (C=O) groups is 1. The van der Waals surface area contributed by atoms with Gasteiger partial charge in [-0.05, 0) is 37.5 Å². The number of benzene rings is 2. The number of hydrogen-bond donors (Lipinski definition) is 1. The summed E-state index contributed by atoms with van der Waals surface area (Å²) in [5.41, 5.74) is 5.18. The van der Waals surface area contributed by atoms with Crippen LogP contribution in [0.1, 0.15) is 48.7 Å². The number of hydrogen-bond acceptors (Lipinski definition) is 2. The summed E-state index contributed by atoms with van der Waals surface area (Å²) in [5, 5.41) is 7.84. The summed E-state index contributed by atoms with van der Waals surface area (Å²) in [6.45, 7) is 8.81. The number of nitrogens with zero attached hydrogens (tertiary/aromatic N) is 2. The Morgan fingerprint density at radius 1 is 1.04 bits per heavy atom. The number of amides is 1. The second kappa shape index (κ2) is 8.87.